The van der Waals surface area contributed by atoms with Crippen LogP contribution in [0.1, 0.15) is 0 Å². The number of aryl methyl sites for hydroxylation is 1. The summed E-state index contributed by atoms with van der Waals surface area (Å²) in [6.45, 7) is 0. The highest BCUT2D eigenvalue weighted by atomic mass is 79.9. The van der Waals surface area contributed by atoms with Crippen LogP contribution in [0.15, 0.2) is 47.3 Å². The lowest BCUT2D eigenvalue weighted by Gasteiger charge is -1.97. The molecule has 0 saturated carbocycles. The molecule has 0 aliphatic carbocycles. The lowest BCUT2D eigenvalue weighted by atomic mass is 10.1. The summed E-state index contributed by atoms with van der Waals surface area (Å²) >= 11 is 3.53. The average molecular weight is 327 g/mol. The zero-order valence-electron chi connectivity index (χ0n) is 10.8. The smallest absolute Gasteiger partial charge is 0.0741 e. The molecule has 98 valence electrons. The summed E-state index contributed by atoms with van der Waals surface area (Å²) in [5.41, 5.74) is 4.13. The molecule has 3 aromatic heterocycles. The first-order chi connectivity index (χ1) is 9.70. The van der Waals surface area contributed by atoms with Gasteiger partial charge in [0.25, 0.3) is 0 Å². The van der Waals surface area contributed by atoms with Crippen molar-refractivity contribution in [2.45, 2.75) is 0 Å². The molecule has 0 radical (unpaired) electrons. The van der Waals surface area contributed by atoms with Crippen LogP contribution in [-0.2, 0) is 7.05 Å². The predicted octanol–water partition coefficient (Wildman–Crippen LogP) is 3.88. The van der Waals surface area contributed by atoms with Crippen molar-refractivity contribution < 1.29 is 0 Å². The molecule has 0 fully saturated rings. The Hall–Kier alpha value is -2.14. The summed E-state index contributed by atoms with van der Waals surface area (Å²) in [6, 6.07) is 8.34. The van der Waals surface area contributed by atoms with Crippen molar-refractivity contribution in [2.24, 2.45) is 7.05 Å². The molecule has 1 N–H and O–H groups in total. The number of hydrogen-bond donors (Lipinski definition) is 1. The van der Waals surface area contributed by atoms with Gasteiger partial charge in [-0.3, -0.25) is 9.67 Å². The van der Waals surface area contributed by atoms with Gasteiger partial charge in [-0.25, -0.2) is 0 Å². The van der Waals surface area contributed by atoms with Crippen molar-refractivity contribution in [2.75, 3.05) is 0 Å². The first-order valence-corrected chi connectivity index (χ1v) is 7.06. The van der Waals surface area contributed by atoms with E-state index >= 15 is 0 Å². The van der Waals surface area contributed by atoms with E-state index in [0.717, 1.165) is 26.8 Å². The quantitative estimate of drug-likeness (QED) is 0.577. The van der Waals surface area contributed by atoms with Crippen molar-refractivity contribution in [3.05, 3.63) is 47.3 Å². The predicted molar refractivity (Wildman–Crippen MR) is 83.5 cm³/mol. The van der Waals surface area contributed by atoms with E-state index in [1.807, 2.05) is 31.7 Å². The zero-order chi connectivity index (χ0) is 13.7. The number of hydrogen-bond acceptors (Lipinski definition) is 2. The molecule has 4 nitrogen and oxygen atoms in total. The second-order valence-electron chi connectivity index (χ2n) is 4.83. The van der Waals surface area contributed by atoms with Crippen LogP contribution in [0.2, 0.25) is 0 Å². The fourth-order valence-electron chi connectivity index (χ4n) is 2.48. The minimum absolute atomic E-state index is 0.937. The van der Waals surface area contributed by atoms with Crippen LogP contribution < -0.4 is 0 Å². The van der Waals surface area contributed by atoms with Gasteiger partial charge in [0.1, 0.15) is 0 Å². The van der Waals surface area contributed by atoms with E-state index in [4.69, 9.17) is 0 Å². The Morgan fingerprint density at radius 3 is 2.75 bits per heavy atom. The summed E-state index contributed by atoms with van der Waals surface area (Å²) in [5.74, 6) is 0. The van der Waals surface area contributed by atoms with Crippen LogP contribution >= 0.6 is 15.9 Å². The number of nitrogens with one attached hydrogen (secondary N) is 1. The normalized spacial score (nSPS) is 11.5. The third kappa shape index (κ3) is 1.74. The van der Waals surface area contributed by atoms with Crippen LogP contribution in [0, 0.1) is 0 Å². The maximum atomic E-state index is 4.51. The molecular weight excluding hydrogens is 316 g/mol. The first kappa shape index (κ1) is 11.7. The highest BCUT2D eigenvalue weighted by molar-refractivity contribution is 9.10. The fourth-order valence-corrected chi connectivity index (χ4v) is 2.84. The number of aromatic nitrogens is 4. The Balaban J connectivity index is 2.02. The highest BCUT2D eigenvalue weighted by Crippen LogP contribution is 2.30. The maximum absolute atomic E-state index is 4.51. The Kier molecular flexibility index (Phi) is 2.44. The minimum Gasteiger partial charge on any atom is -0.353 e. The van der Waals surface area contributed by atoms with E-state index in [1.165, 1.54) is 10.8 Å². The van der Waals surface area contributed by atoms with Crippen LogP contribution in [0.25, 0.3) is 33.1 Å². The number of rotatable bonds is 1. The van der Waals surface area contributed by atoms with Crippen molar-refractivity contribution in [1.29, 1.82) is 0 Å². The average Bonchev–Trinajstić information content (AvgIpc) is 3.02. The van der Waals surface area contributed by atoms with E-state index in [2.05, 4.69) is 49.2 Å². The van der Waals surface area contributed by atoms with E-state index in [9.17, 15) is 0 Å². The molecule has 0 unspecified atom stereocenters. The van der Waals surface area contributed by atoms with Gasteiger partial charge in [0.15, 0.2) is 0 Å². The molecule has 0 atom stereocenters. The second kappa shape index (κ2) is 4.18. The summed E-state index contributed by atoms with van der Waals surface area (Å²) in [5, 5.41) is 6.57. The lowest BCUT2D eigenvalue weighted by molar-refractivity contribution is 0.768. The number of pyridine rings is 1. The third-order valence-electron chi connectivity index (χ3n) is 3.45. The number of nitrogens with zero attached hydrogens (tertiary/aromatic N) is 3. The Labute approximate surface area is 123 Å². The monoisotopic (exact) mass is 326 g/mol. The molecule has 0 saturated heterocycles. The largest absolute Gasteiger partial charge is 0.353 e. The van der Waals surface area contributed by atoms with Gasteiger partial charge >= 0.3 is 0 Å². The van der Waals surface area contributed by atoms with Gasteiger partial charge in [0.2, 0.25) is 0 Å². The molecule has 20 heavy (non-hydrogen) atoms. The molecule has 0 spiro atoms. The number of aromatic amines is 1. The Morgan fingerprint density at radius 2 is 1.95 bits per heavy atom. The van der Waals surface area contributed by atoms with E-state index in [0.29, 0.717) is 0 Å². The Morgan fingerprint density at radius 1 is 1.10 bits per heavy atom. The van der Waals surface area contributed by atoms with Crippen molar-refractivity contribution in [1.82, 2.24) is 19.7 Å². The van der Waals surface area contributed by atoms with Crippen LogP contribution in [-0.4, -0.2) is 19.7 Å². The number of halogens is 1. The van der Waals surface area contributed by atoms with Crippen LogP contribution in [0.3, 0.4) is 0 Å². The van der Waals surface area contributed by atoms with E-state index in [1.54, 1.807) is 4.68 Å². The van der Waals surface area contributed by atoms with Gasteiger partial charge in [-0.15, -0.1) is 0 Å². The van der Waals surface area contributed by atoms with E-state index < -0.39 is 0 Å². The topological polar surface area (TPSA) is 46.5 Å². The maximum Gasteiger partial charge on any atom is 0.0741 e. The second-order valence-corrected chi connectivity index (χ2v) is 5.75. The molecule has 0 bridgehead atoms. The molecule has 5 heteroatoms. The van der Waals surface area contributed by atoms with Crippen molar-refractivity contribution in [3.63, 3.8) is 0 Å². The van der Waals surface area contributed by atoms with Gasteiger partial charge in [-0.05, 0) is 24.3 Å². The van der Waals surface area contributed by atoms with E-state index in [-0.39, 0.29) is 0 Å². The van der Waals surface area contributed by atoms with Crippen LogP contribution in [0.5, 0.6) is 0 Å². The molecule has 4 rings (SSSR count). The lowest BCUT2D eigenvalue weighted by Crippen LogP contribution is -1.84. The molecule has 0 amide bonds. The first-order valence-electron chi connectivity index (χ1n) is 6.27. The zero-order valence-corrected chi connectivity index (χ0v) is 12.3. The van der Waals surface area contributed by atoms with Crippen LogP contribution in [0.4, 0.5) is 0 Å². The standard InChI is InChI=1S/C15H11BrN4/c1-20-8-9(6-18-20)14-5-12-11-4-10(16)2-3-13(11)19-15(12)7-17-14/h2-8,19H,1H3. The summed E-state index contributed by atoms with van der Waals surface area (Å²) < 4.78 is 2.86. The summed E-state index contributed by atoms with van der Waals surface area (Å²) in [7, 11) is 1.91. The fraction of sp³-hybridized carbons (Fsp3) is 0.0667. The summed E-state index contributed by atoms with van der Waals surface area (Å²) in [4.78, 5) is 7.90. The summed E-state index contributed by atoms with van der Waals surface area (Å²) in [6.07, 6.45) is 5.68. The molecule has 4 aromatic rings. The number of H-pyrrole nitrogens is 1. The van der Waals surface area contributed by atoms with Crippen molar-refractivity contribution in [3.8, 4) is 11.3 Å². The molecule has 0 aliphatic heterocycles. The number of fused-ring (bicyclic) bond motifs is 3. The van der Waals surface area contributed by atoms with Gasteiger partial charge in [0, 0.05) is 39.6 Å². The Bertz CT molecular complexity index is 936. The van der Waals surface area contributed by atoms with Gasteiger partial charge < -0.3 is 4.98 Å². The van der Waals surface area contributed by atoms with Crippen molar-refractivity contribution >= 4 is 37.7 Å². The van der Waals surface area contributed by atoms with Gasteiger partial charge in [0.05, 0.1) is 23.6 Å². The minimum atomic E-state index is 0.937. The van der Waals surface area contributed by atoms with Gasteiger partial charge in [-0.1, -0.05) is 15.9 Å². The SMILES string of the molecule is Cn1cc(-c2cc3c(cn2)[nH]c2ccc(Br)cc23)cn1. The van der Waals surface area contributed by atoms with Gasteiger partial charge in [-0.2, -0.15) is 5.10 Å². The molecular formula is C15H11BrN4. The molecule has 0 aliphatic rings. The molecule has 3 heterocycles. The third-order valence-corrected chi connectivity index (χ3v) is 3.94. The molecule has 1 aromatic carbocycles. The number of benzene rings is 1. The highest BCUT2D eigenvalue weighted by Gasteiger charge is 2.08.